The first-order chi connectivity index (χ1) is 9.41. The summed E-state index contributed by atoms with van der Waals surface area (Å²) in [6, 6.07) is 0. The number of rotatable bonds is 16. The van der Waals surface area contributed by atoms with Crippen molar-refractivity contribution in [2.75, 3.05) is 33.0 Å². The molecular weight excluding hydrogens is 240 g/mol. The summed E-state index contributed by atoms with van der Waals surface area (Å²) in [5.74, 6) is 0. The Hall–Kier alpha value is -0.120. The molecular formula is C16H34O3. The third-order valence-corrected chi connectivity index (χ3v) is 3.21. The van der Waals surface area contributed by atoms with Crippen LogP contribution >= 0.6 is 0 Å². The van der Waals surface area contributed by atoms with Crippen molar-refractivity contribution < 1.29 is 14.6 Å². The van der Waals surface area contributed by atoms with Crippen molar-refractivity contribution in [2.45, 2.75) is 71.1 Å². The maximum absolute atomic E-state index is 8.54. The van der Waals surface area contributed by atoms with E-state index in [1.54, 1.807) is 0 Å². The second-order valence-corrected chi connectivity index (χ2v) is 5.13. The number of hydrogen-bond donors (Lipinski definition) is 1. The Labute approximate surface area is 119 Å². The van der Waals surface area contributed by atoms with Gasteiger partial charge >= 0.3 is 0 Å². The largest absolute Gasteiger partial charge is 0.394 e. The van der Waals surface area contributed by atoms with Gasteiger partial charge in [-0.2, -0.15) is 0 Å². The predicted molar refractivity (Wildman–Crippen MR) is 80.6 cm³/mol. The molecule has 1 N–H and O–H groups in total. The molecule has 0 saturated carbocycles. The van der Waals surface area contributed by atoms with E-state index in [1.807, 2.05) is 0 Å². The van der Waals surface area contributed by atoms with Gasteiger partial charge in [0.2, 0.25) is 0 Å². The van der Waals surface area contributed by atoms with E-state index < -0.39 is 0 Å². The number of aliphatic hydroxyl groups is 1. The van der Waals surface area contributed by atoms with Crippen LogP contribution in [0.25, 0.3) is 0 Å². The summed E-state index contributed by atoms with van der Waals surface area (Å²) in [7, 11) is 0. The van der Waals surface area contributed by atoms with Crippen molar-refractivity contribution >= 4 is 0 Å². The highest BCUT2D eigenvalue weighted by molar-refractivity contribution is 4.47. The molecule has 0 aromatic carbocycles. The number of aliphatic hydroxyl groups excluding tert-OH is 1. The molecule has 0 aromatic rings. The Kier molecular flexibility index (Phi) is 17.8. The fourth-order valence-electron chi connectivity index (χ4n) is 1.98. The van der Waals surface area contributed by atoms with Gasteiger partial charge < -0.3 is 14.6 Å². The number of unbranched alkanes of at least 4 members (excludes halogenated alkanes) is 8. The zero-order valence-electron chi connectivity index (χ0n) is 12.9. The van der Waals surface area contributed by atoms with Crippen LogP contribution in [0.1, 0.15) is 71.1 Å². The molecule has 0 unspecified atom stereocenters. The molecule has 0 atom stereocenters. The number of hydrogen-bond acceptors (Lipinski definition) is 3. The standard InChI is InChI=1S/C16H34O3/c1-2-3-13-18-14-10-8-6-4-5-7-9-11-15-19-16-12-17/h17H,2-16H2,1H3. The average Bonchev–Trinajstić information content (AvgIpc) is 2.43. The highest BCUT2D eigenvalue weighted by atomic mass is 16.5. The molecule has 116 valence electrons. The van der Waals surface area contributed by atoms with Crippen molar-refractivity contribution in [2.24, 2.45) is 0 Å². The van der Waals surface area contributed by atoms with Crippen LogP contribution in [0.5, 0.6) is 0 Å². The second kappa shape index (κ2) is 17.9. The molecule has 0 saturated heterocycles. The highest BCUT2D eigenvalue weighted by Crippen LogP contribution is 2.08. The smallest absolute Gasteiger partial charge is 0.0697 e. The molecule has 0 heterocycles. The summed E-state index contributed by atoms with van der Waals surface area (Å²) in [5, 5.41) is 8.54. The van der Waals surface area contributed by atoms with Gasteiger partial charge in [0.15, 0.2) is 0 Å². The van der Waals surface area contributed by atoms with E-state index in [4.69, 9.17) is 14.6 Å². The molecule has 0 amide bonds. The van der Waals surface area contributed by atoms with Crippen molar-refractivity contribution in [3.8, 4) is 0 Å². The molecule has 0 aliphatic rings. The molecule has 0 radical (unpaired) electrons. The van der Waals surface area contributed by atoms with Gasteiger partial charge in [0.25, 0.3) is 0 Å². The lowest BCUT2D eigenvalue weighted by molar-refractivity contribution is 0.0895. The van der Waals surface area contributed by atoms with Crippen LogP contribution in [0, 0.1) is 0 Å². The summed E-state index contributed by atoms with van der Waals surface area (Å²) in [4.78, 5) is 0. The second-order valence-electron chi connectivity index (χ2n) is 5.13. The zero-order valence-corrected chi connectivity index (χ0v) is 12.9. The normalized spacial score (nSPS) is 11.1. The van der Waals surface area contributed by atoms with E-state index in [-0.39, 0.29) is 6.61 Å². The van der Waals surface area contributed by atoms with E-state index >= 15 is 0 Å². The van der Waals surface area contributed by atoms with Crippen LogP contribution in [0.2, 0.25) is 0 Å². The summed E-state index contributed by atoms with van der Waals surface area (Å²) < 4.78 is 10.8. The SMILES string of the molecule is CCCCOCCCCCCCCCCOCCO. The summed E-state index contributed by atoms with van der Waals surface area (Å²) in [6.07, 6.45) is 12.7. The van der Waals surface area contributed by atoms with E-state index in [9.17, 15) is 0 Å². The van der Waals surface area contributed by atoms with Gasteiger partial charge in [0.1, 0.15) is 0 Å². The molecule has 0 fully saturated rings. The summed E-state index contributed by atoms with van der Waals surface area (Å²) in [6.45, 7) is 5.51. The highest BCUT2D eigenvalue weighted by Gasteiger charge is 1.93. The third kappa shape index (κ3) is 17.9. The lowest BCUT2D eigenvalue weighted by Crippen LogP contribution is -2.00. The first-order valence-electron chi connectivity index (χ1n) is 8.18. The van der Waals surface area contributed by atoms with Crippen LogP contribution in [0.15, 0.2) is 0 Å². The van der Waals surface area contributed by atoms with E-state index in [1.165, 1.54) is 57.8 Å². The number of ether oxygens (including phenoxy) is 2. The maximum Gasteiger partial charge on any atom is 0.0697 e. The fourth-order valence-corrected chi connectivity index (χ4v) is 1.98. The molecule has 0 aliphatic carbocycles. The minimum Gasteiger partial charge on any atom is -0.394 e. The Morgan fingerprint density at radius 2 is 1.00 bits per heavy atom. The first-order valence-corrected chi connectivity index (χ1v) is 8.18. The van der Waals surface area contributed by atoms with Crippen LogP contribution in [0.3, 0.4) is 0 Å². The van der Waals surface area contributed by atoms with Gasteiger partial charge in [-0.05, 0) is 19.3 Å². The average molecular weight is 274 g/mol. The Morgan fingerprint density at radius 1 is 0.579 bits per heavy atom. The monoisotopic (exact) mass is 274 g/mol. The van der Waals surface area contributed by atoms with Gasteiger partial charge in [0, 0.05) is 19.8 Å². The third-order valence-electron chi connectivity index (χ3n) is 3.21. The molecule has 3 heteroatoms. The van der Waals surface area contributed by atoms with Gasteiger partial charge in [-0.3, -0.25) is 0 Å². The molecule has 0 bridgehead atoms. The molecule has 0 rings (SSSR count). The minimum atomic E-state index is 0.141. The summed E-state index contributed by atoms with van der Waals surface area (Å²) in [5.41, 5.74) is 0. The van der Waals surface area contributed by atoms with E-state index in [2.05, 4.69) is 6.92 Å². The molecule has 0 aliphatic heterocycles. The van der Waals surface area contributed by atoms with Crippen molar-refractivity contribution in [3.63, 3.8) is 0 Å². The fraction of sp³-hybridized carbons (Fsp3) is 1.00. The van der Waals surface area contributed by atoms with Crippen molar-refractivity contribution in [1.29, 1.82) is 0 Å². The lowest BCUT2D eigenvalue weighted by Gasteiger charge is -2.04. The Morgan fingerprint density at radius 3 is 1.47 bits per heavy atom. The van der Waals surface area contributed by atoms with Gasteiger partial charge in [0.05, 0.1) is 13.2 Å². The van der Waals surface area contributed by atoms with Gasteiger partial charge in [-0.15, -0.1) is 0 Å². The lowest BCUT2D eigenvalue weighted by atomic mass is 10.1. The maximum atomic E-state index is 8.54. The van der Waals surface area contributed by atoms with Gasteiger partial charge in [-0.25, -0.2) is 0 Å². The topological polar surface area (TPSA) is 38.7 Å². The van der Waals surface area contributed by atoms with Gasteiger partial charge in [-0.1, -0.05) is 51.9 Å². The molecule has 19 heavy (non-hydrogen) atoms. The zero-order chi connectivity index (χ0) is 14.0. The van der Waals surface area contributed by atoms with E-state index in [0.717, 1.165) is 26.2 Å². The van der Waals surface area contributed by atoms with Crippen LogP contribution in [-0.2, 0) is 9.47 Å². The Balaban J connectivity index is 2.88. The van der Waals surface area contributed by atoms with E-state index in [0.29, 0.717) is 6.61 Å². The molecule has 0 aromatic heterocycles. The van der Waals surface area contributed by atoms with Crippen LogP contribution in [-0.4, -0.2) is 38.1 Å². The van der Waals surface area contributed by atoms with Crippen LogP contribution in [0.4, 0.5) is 0 Å². The first kappa shape index (κ1) is 18.9. The molecule has 3 nitrogen and oxygen atoms in total. The van der Waals surface area contributed by atoms with Crippen molar-refractivity contribution in [3.05, 3.63) is 0 Å². The predicted octanol–water partition coefficient (Wildman–Crippen LogP) is 3.93. The quantitative estimate of drug-likeness (QED) is 0.433. The molecule has 0 spiro atoms. The van der Waals surface area contributed by atoms with Crippen molar-refractivity contribution in [1.82, 2.24) is 0 Å². The summed E-state index contributed by atoms with van der Waals surface area (Å²) >= 11 is 0. The van der Waals surface area contributed by atoms with Crippen LogP contribution < -0.4 is 0 Å². The Bertz CT molecular complexity index is 135. The minimum absolute atomic E-state index is 0.141.